The Morgan fingerprint density at radius 3 is 2.48 bits per heavy atom. The van der Waals surface area contributed by atoms with Gasteiger partial charge in [-0.2, -0.15) is 0 Å². The van der Waals surface area contributed by atoms with Crippen molar-refractivity contribution in [3.63, 3.8) is 0 Å². The number of H-pyrrole nitrogens is 1. The van der Waals surface area contributed by atoms with Crippen LogP contribution >= 0.6 is 0 Å². The predicted octanol–water partition coefficient (Wildman–Crippen LogP) is 0.942. The van der Waals surface area contributed by atoms with Crippen LogP contribution in [0.2, 0.25) is 0 Å². The molecule has 118 valence electrons. The summed E-state index contributed by atoms with van der Waals surface area (Å²) in [7, 11) is -3.63. The molecule has 0 radical (unpaired) electrons. The molecule has 0 fully saturated rings. The van der Waals surface area contributed by atoms with Crippen LogP contribution in [0.1, 0.15) is 31.1 Å². The zero-order chi connectivity index (χ0) is 16.4. The molecular formula is C12H16F2N2O4S. The average molecular weight is 322 g/mol. The summed E-state index contributed by atoms with van der Waals surface area (Å²) in [5.41, 5.74) is -3.23. The van der Waals surface area contributed by atoms with Gasteiger partial charge in [-0.25, -0.2) is 17.2 Å². The van der Waals surface area contributed by atoms with Crippen molar-refractivity contribution in [3.8, 4) is 0 Å². The number of aromatic amines is 1. The molecule has 0 saturated carbocycles. The highest BCUT2D eigenvalue weighted by atomic mass is 32.2. The van der Waals surface area contributed by atoms with Crippen LogP contribution in [-0.2, 0) is 9.84 Å². The van der Waals surface area contributed by atoms with E-state index in [0.717, 1.165) is 26.1 Å². The van der Waals surface area contributed by atoms with E-state index in [1.165, 1.54) is 6.92 Å². The summed E-state index contributed by atoms with van der Waals surface area (Å²) in [6.07, 6.45) is -1.88. The van der Waals surface area contributed by atoms with Crippen molar-refractivity contribution in [2.24, 2.45) is 0 Å². The Balaban J connectivity index is 3.23. The second-order valence-electron chi connectivity index (χ2n) is 4.96. The van der Waals surface area contributed by atoms with Crippen LogP contribution in [0.4, 0.5) is 8.78 Å². The van der Waals surface area contributed by atoms with E-state index in [9.17, 15) is 26.8 Å². The molecule has 0 unspecified atom stereocenters. The highest BCUT2D eigenvalue weighted by molar-refractivity contribution is 7.91. The molecular weight excluding hydrogens is 306 g/mol. The summed E-state index contributed by atoms with van der Waals surface area (Å²) in [6.45, 7) is 3.59. The number of hydrogen-bond donors (Lipinski definition) is 2. The lowest BCUT2D eigenvalue weighted by atomic mass is 10.1. The number of aromatic nitrogens is 1. The van der Waals surface area contributed by atoms with Crippen LogP contribution in [0.5, 0.6) is 0 Å². The Morgan fingerprint density at radius 2 is 2.00 bits per heavy atom. The summed E-state index contributed by atoms with van der Waals surface area (Å²) in [6, 6.07) is 0.883. The summed E-state index contributed by atoms with van der Waals surface area (Å²) < 4.78 is 48.8. The van der Waals surface area contributed by atoms with E-state index < -0.39 is 38.8 Å². The molecule has 1 rings (SSSR count). The maximum Gasteiger partial charge on any atom is 0.260 e. The minimum atomic E-state index is -3.63. The zero-order valence-corrected chi connectivity index (χ0v) is 12.6. The first-order chi connectivity index (χ1) is 9.51. The number of pyridine rings is 1. The summed E-state index contributed by atoms with van der Waals surface area (Å²) in [5, 5.41) is 2.01. The number of halogens is 2. The number of sulfone groups is 1. The van der Waals surface area contributed by atoms with Crippen LogP contribution in [0, 0.1) is 0 Å². The minimum Gasteiger partial charge on any atom is -0.341 e. The number of carbonyl (C=O) groups excluding carboxylic acids is 1. The van der Waals surface area contributed by atoms with Crippen LogP contribution in [0.3, 0.4) is 0 Å². The van der Waals surface area contributed by atoms with Crippen molar-refractivity contribution in [2.45, 2.75) is 37.6 Å². The van der Waals surface area contributed by atoms with E-state index in [1.807, 2.05) is 5.32 Å². The highest BCUT2D eigenvalue weighted by Gasteiger charge is 2.32. The van der Waals surface area contributed by atoms with E-state index >= 15 is 0 Å². The molecule has 0 aliphatic rings. The van der Waals surface area contributed by atoms with Crippen molar-refractivity contribution < 1.29 is 22.0 Å². The molecule has 1 amide bonds. The van der Waals surface area contributed by atoms with E-state index in [4.69, 9.17) is 0 Å². The molecule has 0 aromatic carbocycles. The van der Waals surface area contributed by atoms with Crippen molar-refractivity contribution >= 4 is 15.7 Å². The average Bonchev–Trinajstić information content (AvgIpc) is 2.38. The molecule has 0 bridgehead atoms. The summed E-state index contributed by atoms with van der Waals surface area (Å²) in [5.74, 6) is -1.28. The van der Waals surface area contributed by atoms with Gasteiger partial charge in [-0.05, 0) is 19.9 Å². The van der Waals surface area contributed by atoms with Crippen molar-refractivity contribution in [1.29, 1.82) is 0 Å². The number of nitrogens with one attached hydrogen (secondary N) is 2. The number of alkyl halides is 2. The lowest BCUT2D eigenvalue weighted by molar-refractivity contribution is 0.0447. The largest absolute Gasteiger partial charge is 0.341 e. The van der Waals surface area contributed by atoms with Gasteiger partial charge in [-0.15, -0.1) is 0 Å². The van der Waals surface area contributed by atoms with Gasteiger partial charge in [0.1, 0.15) is 5.56 Å². The maximum atomic E-state index is 12.7. The molecule has 0 spiro atoms. The maximum absolute atomic E-state index is 12.7. The van der Waals surface area contributed by atoms with Gasteiger partial charge in [0.25, 0.3) is 17.9 Å². The lowest BCUT2D eigenvalue weighted by Crippen LogP contribution is -2.50. The number of rotatable bonds is 5. The Hall–Kier alpha value is -1.77. The standard InChI is InChI=1S/C12H16F2N2O4S/c1-4-21(19,20)7-5-8(9(17)15-6-7)10(18)16-12(2,3)11(13)14/h5-6,11H,4H2,1-3H3,(H,15,17)(H,16,18). The monoisotopic (exact) mass is 322 g/mol. The van der Waals surface area contributed by atoms with Crippen LogP contribution in [0.25, 0.3) is 0 Å². The molecule has 1 aromatic rings. The van der Waals surface area contributed by atoms with Crippen molar-refractivity contribution in [1.82, 2.24) is 10.3 Å². The normalized spacial score (nSPS) is 12.5. The fourth-order valence-electron chi connectivity index (χ4n) is 1.39. The van der Waals surface area contributed by atoms with Crippen LogP contribution in [0.15, 0.2) is 22.0 Å². The molecule has 9 heteroatoms. The molecule has 2 N–H and O–H groups in total. The van der Waals surface area contributed by atoms with E-state index in [0.29, 0.717) is 0 Å². The van der Waals surface area contributed by atoms with Gasteiger partial charge in [0.2, 0.25) is 0 Å². The first-order valence-electron chi connectivity index (χ1n) is 6.07. The first kappa shape index (κ1) is 17.3. The summed E-state index contributed by atoms with van der Waals surface area (Å²) >= 11 is 0. The van der Waals surface area contributed by atoms with Gasteiger partial charge in [-0.3, -0.25) is 9.59 Å². The molecule has 0 aliphatic carbocycles. The van der Waals surface area contributed by atoms with Crippen LogP contribution < -0.4 is 10.9 Å². The second kappa shape index (κ2) is 5.92. The van der Waals surface area contributed by atoms with Gasteiger partial charge >= 0.3 is 0 Å². The van der Waals surface area contributed by atoms with Gasteiger partial charge in [0.15, 0.2) is 9.84 Å². The molecule has 1 aromatic heterocycles. The molecule has 0 saturated heterocycles. The van der Waals surface area contributed by atoms with Crippen LogP contribution in [-0.4, -0.2) is 37.0 Å². The smallest absolute Gasteiger partial charge is 0.260 e. The summed E-state index contributed by atoms with van der Waals surface area (Å²) in [4.78, 5) is 25.4. The molecule has 6 nitrogen and oxygen atoms in total. The number of hydrogen-bond acceptors (Lipinski definition) is 4. The SMILES string of the molecule is CCS(=O)(=O)c1c[nH]c(=O)c(C(=O)NC(C)(C)C(F)F)c1. The predicted molar refractivity (Wildman–Crippen MR) is 72.3 cm³/mol. The fraction of sp³-hybridized carbons (Fsp3) is 0.500. The molecule has 1 heterocycles. The number of amides is 1. The third-order valence-corrected chi connectivity index (χ3v) is 4.56. The number of carbonyl (C=O) groups is 1. The van der Waals surface area contributed by atoms with Gasteiger partial charge in [0, 0.05) is 6.20 Å². The highest BCUT2D eigenvalue weighted by Crippen LogP contribution is 2.15. The van der Waals surface area contributed by atoms with E-state index in [-0.39, 0.29) is 10.6 Å². The van der Waals surface area contributed by atoms with Crippen molar-refractivity contribution in [3.05, 3.63) is 28.2 Å². The molecule has 0 aliphatic heterocycles. The Morgan fingerprint density at radius 1 is 1.43 bits per heavy atom. The second-order valence-corrected chi connectivity index (χ2v) is 7.24. The molecule has 21 heavy (non-hydrogen) atoms. The molecule has 0 atom stereocenters. The minimum absolute atomic E-state index is 0.220. The van der Waals surface area contributed by atoms with Gasteiger partial charge in [-0.1, -0.05) is 6.92 Å². The lowest BCUT2D eigenvalue weighted by Gasteiger charge is -2.24. The third-order valence-electron chi connectivity index (χ3n) is 2.84. The van der Waals surface area contributed by atoms with E-state index in [1.54, 1.807) is 0 Å². The topological polar surface area (TPSA) is 96.1 Å². The third kappa shape index (κ3) is 3.87. The Labute approximate surface area is 120 Å². The zero-order valence-electron chi connectivity index (χ0n) is 11.7. The Bertz CT molecular complexity index is 695. The van der Waals surface area contributed by atoms with Crippen molar-refractivity contribution in [2.75, 3.05) is 5.75 Å². The quantitative estimate of drug-likeness (QED) is 0.843. The first-order valence-corrected chi connectivity index (χ1v) is 7.72. The van der Waals surface area contributed by atoms with Gasteiger partial charge < -0.3 is 10.3 Å². The van der Waals surface area contributed by atoms with Gasteiger partial charge in [0.05, 0.1) is 16.2 Å². The fourth-order valence-corrected chi connectivity index (χ4v) is 2.26. The Kier molecular flexibility index (Phi) is 4.87. The van der Waals surface area contributed by atoms with E-state index in [2.05, 4.69) is 4.98 Å².